The largest absolute Gasteiger partial charge is 0.355 e. The van der Waals surface area contributed by atoms with Crippen molar-refractivity contribution >= 4 is 15.9 Å². The van der Waals surface area contributed by atoms with E-state index in [2.05, 4.69) is 5.32 Å². The highest BCUT2D eigenvalue weighted by Crippen LogP contribution is 2.26. The van der Waals surface area contributed by atoms with Gasteiger partial charge in [0.15, 0.2) is 0 Å². The van der Waals surface area contributed by atoms with E-state index < -0.39 is 10.0 Å². The predicted molar refractivity (Wildman–Crippen MR) is 113 cm³/mol. The third kappa shape index (κ3) is 5.66. The van der Waals surface area contributed by atoms with Crippen LogP contribution in [0.3, 0.4) is 0 Å². The van der Waals surface area contributed by atoms with Crippen molar-refractivity contribution in [1.29, 1.82) is 0 Å². The van der Waals surface area contributed by atoms with Crippen LogP contribution in [0.5, 0.6) is 0 Å². The van der Waals surface area contributed by atoms with Gasteiger partial charge in [-0.1, -0.05) is 61.9 Å². The van der Waals surface area contributed by atoms with Crippen LogP contribution >= 0.6 is 0 Å². The van der Waals surface area contributed by atoms with E-state index in [1.54, 1.807) is 13.8 Å². The number of nitrogens with one attached hydrogen (secondary N) is 1. The Morgan fingerprint density at radius 2 is 1.61 bits per heavy atom. The summed E-state index contributed by atoms with van der Waals surface area (Å²) in [6, 6.07) is 13.1. The summed E-state index contributed by atoms with van der Waals surface area (Å²) < 4.78 is 28.3. The third-order valence-electron chi connectivity index (χ3n) is 4.43. The molecule has 0 spiro atoms. The van der Waals surface area contributed by atoms with Gasteiger partial charge < -0.3 is 5.32 Å². The Kier molecular flexibility index (Phi) is 7.38. The van der Waals surface area contributed by atoms with Crippen LogP contribution < -0.4 is 5.32 Å². The molecule has 0 unspecified atom stereocenters. The number of nitrogens with zero attached hydrogens (tertiary/aromatic N) is 1. The van der Waals surface area contributed by atoms with Crippen molar-refractivity contribution in [3.05, 3.63) is 64.7 Å². The molecule has 0 radical (unpaired) electrons. The fourth-order valence-corrected chi connectivity index (χ4v) is 5.05. The van der Waals surface area contributed by atoms with Gasteiger partial charge in [-0.25, -0.2) is 8.42 Å². The lowest BCUT2D eigenvalue weighted by molar-refractivity contribution is -0.121. The molecule has 6 heteroatoms. The zero-order valence-corrected chi connectivity index (χ0v) is 18.1. The second kappa shape index (κ2) is 9.34. The van der Waals surface area contributed by atoms with Crippen LogP contribution in [0.25, 0.3) is 0 Å². The number of aryl methyl sites for hydroxylation is 3. The van der Waals surface area contributed by atoms with Gasteiger partial charge in [0.25, 0.3) is 0 Å². The molecule has 0 aromatic heterocycles. The van der Waals surface area contributed by atoms with Crippen molar-refractivity contribution < 1.29 is 13.2 Å². The highest BCUT2D eigenvalue weighted by atomic mass is 32.2. The number of amides is 1. The Morgan fingerprint density at radius 3 is 2.14 bits per heavy atom. The molecule has 0 saturated carbocycles. The van der Waals surface area contributed by atoms with Crippen molar-refractivity contribution in [2.24, 2.45) is 5.92 Å². The van der Waals surface area contributed by atoms with Gasteiger partial charge in [-0.15, -0.1) is 0 Å². The first-order valence-electron chi connectivity index (χ1n) is 9.50. The monoisotopic (exact) mass is 402 g/mol. The Morgan fingerprint density at radius 1 is 1.04 bits per heavy atom. The maximum Gasteiger partial charge on any atom is 0.244 e. The average Bonchev–Trinajstić information content (AvgIpc) is 2.59. The molecular formula is C22H30N2O3S. The lowest BCUT2D eigenvalue weighted by Crippen LogP contribution is -2.41. The van der Waals surface area contributed by atoms with Gasteiger partial charge in [-0.3, -0.25) is 4.79 Å². The maximum absolute atomic E-state index is 13.5. The summed E-state index contributed by atoms with van der Waals surface area (Å²) in [4.78, 5) is 12.7. The molecule has 0 aliphatic carbocycles. The van der Waals surface area contributed by atoms with E-state index in [1.807, 2.05) is 63.2 Å². The SMILES string of the molecule is Cc1cc(C)c(S(=O)(=O)N(CC(=O)NCC(C)C)Cc2ccccc2)c(C)c1. The minimum absolute atomic E-state index is 0.144. The van der Waals surface area contributed by atoms with Crippen LogP contribution in [0.2, 0.25) is 0 Å². The van der Waals surface area contributed by atoms with E-state index in [-0.39, 0.29) is 23.9 Å². The molecule has 0 aliphatic rings. The van der Waals surface area contributed by atoms with Gasteiger partial charge in [0.2, 0.25) is 15.9 Å². The second-order valence-corrected chi connectivity index (χ2v) is 9.56. The third-order valence-corrected chi connectivity index (χ3v) is 6.53. The number of hydrogen-bond donors (Lipinski definition) is 1. The first-order chi connectivity index (χ1) is 13.1. The van der Waals surface area contributed by atoms with Crippen LogP contribution in [0.4, 0.5) is 0 Å². The van der Waals surface area contributed by atoms with Gasteiger partial charge >= 0.3 is 0 Å². The van der Waals surface area contributed by atoms with Crippen LogP contribution in [-0.4, -0.2) is 31.7 Å². The molecule has 0 saturated heterocycles. The van der Waals surface area contributed by atoms with Gasteiger partial charge in [-0.05, 0) is 43.4 Å². The number of sulfonamides is 1. The van der Waals surface area contributed by atoms with Crippen LogP contribution in [0, 0.1) is 26.7 Å². The van der Waals surface area contributed by atoms with Gasteiger partial charge in [-0.2, -0.15) is 4.31 Å². The summed E-state index contributed by atoms with van der Waals surface area (Å²) in [6.07, 6.45) is 0. The highest BCUT2D eigenvalue weighted by Gasteiger charge is 2.29. The summed E-state index contributed by atoms with van der Waals surface area (Å²) in [5.41, 5.74) is 3.24. The van der Waals surface area contributed by atoms with Gasteiger partial charge in [0.05, 0.1) is 11.4 Å². The number of carbonyl (C=O) groups excluding carboxylic acids is 1. The molecule has 2 rings (SSSR count). The molecule has 0 aliphatic heterocycles. The molecule has 1 amide bonds. The maximum atomic E-state index is 13.5. The van der Waals surface area contributed by atoms with Crippen molar-refractivity contribution in [3.63, 3.8) is 0 Å². The van der Waals surface area contributed by atoms with Crippen LogP contribution in [-0.2, 0) is 21.4 Å². The van der Waals surface area contributed by atoms with E-state index in [4.69, 9.17) is 0 Å². The molecule has 2 aromatic carbocycles. The molecule has 2 aromatic rings. The van der Waals surface area contributed by atoms with E-state index >= 15 is 0 Å². The lowest BCUT2D eigenvalue weighted by atomic mass is 10.1. The quantitative estimate of drug-likeness (QED) is 0.734. The van der Waals surface area contributed by atoms with E-state index in [9.17, 15) is 13.2 Å². The van der Waals surface area contributed by atoms with Gasteiger partial charge in [0.1, 0.15) is 0 Å². The van der Waals surface area contributed by atoms with Crippen molar-refractivity contribution in [2.45, 2.75) is 46.1 Å². The fourth-order valence-electron chi connectivity index (χ4n) is 3.25. The summed E-state index contributed by atoms with van der Waals surface area (Å²) >= 11 is 0. The van der Waals surface area contributed by atoms with E-state index in [0.29, 0.717) is 23.6 Å². The van der Waals surface area contributed by atoms with Crippen molar-refractivity contribution in [3.8, 4) is 0 Å². The van der Waals surface area contributed by atoms with E-state index in [1.165, 1.54) is 4.31 Å². The highest BCUT2D eigenvalue weighted by molar-refractivity contribution is 7.89. The Hall–Kier alpha value is -2.18. The molecule has 0 heterocycles. The average molecular weight is 403 g/mol. The zero-order valence-electron chi connectivity index (χ0n) is 17.3. The second-order valence-electron chi connectivity index (χ2n) is 7.68. The summed E-state index contributed by atoms with van der Waals surface area (Å²) in [5.74, 6) is 0.000317. The molecule has 0 bridgehead atoms. The standard InChI is InChI=1S/C22H30N2O3S/c1-16(2)13-23-21(25)15-24(14-20-9-7-6-8-10-20)28(26,27)22-18(4)11-17(3)12-19(22)5/h6-12,16H,13-15H2,1-5H3,(H,23,25). The lowest BCUT2D eigenvalue weighted by Gasteiger charge is -2.24. The number of hydrogen-bond acceptors (Lipinski definition) is 3. The normalized spacial score (nSPS) is 11.8. The number of rotatable bonds is 8. The molecule has 5 nitrogen and oxygen atoms in total. The Bertz CT molecular complexity index is 899. The fraction of sp³-hybridized carbons (Fsp3) is 0.409. The first kappa shape index (κ1) is 22.1. The molecule has 0 atom stereocenters. The Balaban J connectivity index is 2.40. The topological polar surface area (TPSA) is 66.5 Å². The van der Waals surface area contributed by atoms with Crippen molar-refractivity contribution in [2.75, 3.05) is 13.1 Å². The van der Waals surface area contributed by atoms with Gasteiger partial charge in [0, 0.05) is 13.1 Å². The summed E-state index contributed by atoms with van der Waals surface area (Å²) in [7, 11) is -3.84. The molecule has 1 N–H and O–H groups in total. The number of carbonyl (C=O) groups is 1. The smallest absolute Gasteiger partial charge is 0.244 e. The number of benzene rings is 2. The first-order valence-corrected chi connectivity index (χ1v) is 10.9. The van der Waals surface area contributed by atoms with Crippen LogP contribution in [0.15, 0.2) is 47.4 Å². The zero-order chi connectivity index (χ0) is 20.9. The minimum atomic E-state index is -3.84. The van der Waals surface area contributed by atoms with E-state index in [0.717, 1.165) is 11.1 Å². The minimum Gasteiger partial charge on any atom is -0.355 e. The summed E-state index contributed by atoms with van der Waals surface area (Å²) in [5, 5.41) is 2.82. The molecule has 28 heavy (non-hydrogen) atoms. The summed E-state index contributed by atoms with van der Waals surface area (Å²) in [6.45, 7) is 9.98. The molecular weight excluding hydrogens is 372 g/mol. The van der Waals surface area contributed by atoms with Crippen molar-refractivity contribution in [1.82, 2.24) is 9.62 Å². The Labute approximate surface area is 168 Å². The van der Waals surface area contributed by atoms with Crippen LogP contribution in [0.1, 0.15) is 36.1 Å². The predicted octanol–water partition coefficient (Wildman–Crippen LogP) is 3.57. The molecule has 152 valence electrons. The molecule has 0 fully saturated rings.